The second-order valence-electron chi connectivity index (χ2n) is 6.06. The lowest BCUT2D eigenvalue weighted by atomic mass is 10.1. The number of ether oxygens (including phenoxy) is 1. The Hall–Kier alpha value is -2.93. The Balaban J connectivity index is 1.53. The van der Waals surface area contributed by atoms with Crippen molar-refractivity contribution in [3.63, 3.8) is 0 Å². The van der Waals surface area contributed by atoms with Crippen LogP contribution in [0.25, 0.3) is 0 Å². The normalized spacial score (nSPS) is 16.9. The van der Waals surface area contributed by atoms with Crippen LogP contribution in [-0.2, 0) is 9.53 Å². The molecular formula is C19H21N3O4. The number of amides is 1. The van der Waals surface area contributed by atoms with Crippen molar-refractivity contribution < 1.29 is 14.5 Å². The van der Waals surface area contributed by atoms with Crippen LogP contribution in [0.5, 0.6) is 0 Å². The van der Waals surface area contributed by atoms with E-state index in [-0.39, 0.29) is 24.1 Å². The molecule has 2 aromatic carbocycles. The van der Waals surface area contributed by atoms with Crippen molar-refractivity contribution in [1.29, 1.82) is 0 Å². The molecule has 1 aliphatic heterocycles. The number of nitrogens with one attached hydrogen (secondary N) is 1. The molecule has 0 aromatic heterocycles. The number of carbonyl (C=O) groups is 1. The molecule has 0 saturated carbocycles. The van der Waals surface area contributed by atoms with Crippen LogP contribution in [-0.4, -0.2) is 42.0 Å². The summed E-state index contributed by atoms with van der Waals surface area (Å²) >= 11 is 0. The summed E-state index contributed by atoms with van der Waals surface area (Å²) in [7, 11) is 0. The third kappa shape index (κ3) is 4.37. The number of nitro benzene ring substituents is 1. The molecule has 2 aromatic rings. The Morgan fingerprint density at radius 3 is 2.69 bits per heavy atom. The van der Waals surface area contributed by atoms with Crippen molar-refractivity contribution in [2.45, 2.75) is 12.5 Å². The quantitative estimate of drug-likeness (QED) is 0.636. The fraction of sp³-hybridized carbons (Fsp3) is 0.316. The smallest absolute Gasteiger partial charge is 0.292 e. The number of carbonyl (C=O) groups excluding carboxylic acids is 1. The lowest BCUT2D eigenvalue weighted by molar-refractivity contribution is -0.384. The minimum atomic E-state index is -0.434. The van der Waals surface area contributed by atoms with Gasteiger partial charge in [0.2, 0.25) is 5.91 Å². The molecular weight excluding hydrogens is 334 g/mol. The standard InChI is InChI=1S/C19H21N3O4/c23-19(10-11-20-16-8-4-5-9-17(16)22(24)25)21-12-13-26-18(14-21)15-6-2-1-3-7-15/h1-9,18,20H,10-14H2. The van der Waals surface area contributed by atoms with E-state index < -0.39 is 4.92 Å². The summed E-state index contributed by atoms with van der Waals surface area (Å²) in [6.07, 6.45) is 0.158. The molecule has 7 heteroatoms. The lowest BCUT2D eigenvalue weighted by Crippen LogP contribution is -2.42. The van der Waals surface area contributed by atoms with Gasteiger partial charge in [0.15, 0.2) is 0 Å². The summed E-state index contributed by atoms with van der Waals surface area (Å²) in [4.78, 5) is 24.9. The monoisotopic (exact) mass is 355 g/mol. The molecule has 3 rings (SSSR count). The van der Waals surface area contributed by atoms with Gasteiger partial charge in [-0.15, -0.1) is 0 Å². The molecule has 0 bridgehead atoms. The van der Waals surface area contributed by atoms with Gasteiger partial charge in [-0.25, -0.2) is 0 Å². The van der Waals surface area contributed by atoms with E-state index in [1.54, 1.807) is 23.1 Å². The fourth-order valence-corrected chi connectivity index (χ4v) is 2.99. The maximum Gasteiger partial charge on any atom is 0.292 e. The predicted molar refractivity (Wildman–Crippen MR) is 97.9 cm³/mol. The highest BCUT2D eigenvalue weighted by atomic mass is 16.6. The molecule has 1 saturated heterocycles. The first-order valence-electron chi connectivity index (χ1n) is 8.57. The lowest BCUT2D eigenvalue weighted by Gasteiger charge is -2.33. The summed E-state index contributed by atoms with van der Waals surface area (Å²) in [5, 5.41) is 14.0. The van der Waals surface area contributed by atoms with Crippen LogP contribution >= 0.6 is 0 Å². The molecule has 26 heavy (non-hydrogen) atoms. The molecule has 1 aliphatic rings. The zero-order valence-corrected chi connectivity index (χ0v) is 14.3. The van der Waals surface area contributed by atoms with Crippen LogP contribution in [0, 0.1) is 10.1 Å². The predicted octanol–water partition coefficient (Wildman–Crippen LogP) is 3.00. The zero-order chi connectivity index (χ0) is 18.4. The van der Waals surface area contributed by atoms with Crippen molar-refractivity contribution in [2.24, 2.45) is 0 Å². The van der Waals surface area contributed by atoms with Crippen molar-refractivity contribution in [1.82, 2.24) is 4.90 Å². The van der Waals surface area contributed by atoms with Gasteiger partial charge >= 0.3 is 0 Å². The summed E-state index contributed by atoms with van der Waals surface area (Å²) in [6, 6.07) is 16.3. The van der Waals surface area contributed by atoms with Gasteiger partial charge in [0.05, 0.1) is 18.1 Å². The largest absolute Gasteiger partial charge is 0.379 e. The van der Waals surface area contributed by atoms with Gasteiger partial charge in [-0.3, -0.25) is 14.9 Å². The minimum Gasteiger partial charge on any atom is -0.379 e. The highest BCUT2D eigenvalue weighted by Crippen LogP contribution is 2.24. The topological polar surface area (TPSA) is 84.7 Å². The summed E-state index contributed by atoms with van der Waals surface area (Å²) < 4.78 is 5.78. The molecule has 1 fully saturated rings. The maximum absolute atomic E-state index is 12.5. The van der Waals surface area contributed by atoms with Crippen molar-refractivity contribution >= 4 is 17.3 Å². The summed E-state index contributed by atoms with van der Waals surface area (Å²) in [6.45, 7) is 1.93. The first-order chi connectivity index (χ1) is 12.6. The van der Waals surface area contributed by atoms with E-state index in [0.717, 1.165) is 5.56 Å². The van der Waals surface area contributed by atoms with Crippen molar-refractivity contribution in [2.75, 3.05) is 31.6 Å². The Labute approximate surface area is 151 Å². The minimum absolute atomic E-state index is 0.00969. The maximum atomic E-state index is 12.5. The van der Waals surface area contributed by atoms with Crippen LogP contribution < -0.4 is 5.32 Å². The van der Waals surface area contributed by atoms with E-state index >= 15 is 0 Å². The van der Waals surface area contributed by atoms with E-state index in [2.05, 4.69) is 5.32 Å². The molecule has 1 unspecified atom stereocenters. The zero-order valence-electron chi connectivity index (χ0n) is 14.3. The Kier molecular flexibility index (Phi) is 5.80. The van der Waals surface area contributed by atoms with Gasteiger partial charge in [-0.05, 0) is 11.6 Å². The van der Waals surface area contributed by atoms with Crippen LogP contribution in [0.1, 0.15) is 18.1 Å². The average Bonchev–Trinajstić information content (AvgIpc) is 2.69. The number of nitrogens with zero attached hydrogens (tertiary/aromatic N) is 2. The fourth-order valence-electron chi connectivity index (χ4n) is 2.99. The Bertz CT molecular complexity index is 766. The molecule has 0 radical (unpaired) electrons. The Morgan fingerprint density at radius 1 is 1.19 bits per heavy atom. The Morgan fingerprint density at radius 2 is 1.92 bits per heavy atom. The van der Waals surface area contributed by atoms with E-state index in [9.17, 15) is 14.9 Å². The van der Waals surface area contributed by atoms with Crippen molar-refractivity contribution in [3.8, 4) is 0 Å². The molecule has 0 spiro atoms. The third-order valence-electron chi connectivity index (χ3n) is 4.35. The molecule has 7 nitrogen and oxygen atoms in total. The molecule has 0 aliphatic carbocycles. The van der Waals surface area contributed by atoms with Gasteiger partial charge in [-0.1, -0.05) is 42.5 Å². The number of nitro groups is 1. The first kappa shape index (κ1) is 17.9. The highest BCUT2D eigenvalue weighted by Gasteiger charge is 2.25. The first-order valence-corrected chi connectivity index (χ1v) is 8.57. The molecule has 1 atom stereocenters. The van der Waals surface area contributed by atoms with Gasteiger partial charge in [0.1, 0.15) is 11.8 Å². The van der Waals surface area contributed by atoms with Crippen molar-refractivity contribution in [3.05, 3.63) is 70.3 Å². The van der Waals surface area contributed by atoms with Gasteiger partial charge in [0, 0.05) is 25.6 Å². The molecule has 1 N–H and O–H groups in total. The number of para-hydroxylation sites is 2. The molecule has 1 amide bonds. The molecule has 136 valence electrons. The number of anilines is 1. The second kappa shape index (κ2) is 8.44. The third-order valence-corrected chi connectivity index (χ3v) is 4.35. The number of morpholine rings is 1. The van der Waals surface area contributed by atoms with Crippen LogP contribution in [0.3, 0.4) is 0 Å². The summed E-state index contributed by atoms with van der Waals surface area (Å²) in [5.74, 6) is 0.0142. The van der Waals surface area contributed by atoms with E-state index in [4.69, 9.17) is 4.74 Å². The second-order valence-corrected chi connectivity index (χ2v) is 6.06. The van der Waals surface area contributed by atoms with Gasteiger partial charge < -0.3 is 15.0 Å². The van der Waals surface area contributed by atoms with E-state index in [1.807, 2.05) is 30.3 Å². The molecule has 1 heterocycles. The average molecular weight is 355 g/mol. The highest BCUT2D eigenvalue weighted by molar-refractivity contribution is 5.77. The van der Waals surface area contributed by atoms with Crippen LogP contribution in [0.4, 0.5) is 11.4 Å². The SMILES string of the molecule is O=C(CCNc1ccccc1[N+](=O)[O-])N1CCOC(c2ccccc2)C1. The van der Waals surface area contributed by atoms with E-state index in [1.165, 1.54) is 6.07 Å². The van der Waals surface area contributed by atoms with E-state index in [0.29, 0.717) is 31.9 Å². The van der Waals surface area contributed by atoms with Crippen LogP contribution in [0.2, 0.25) is 0 Å². The van der Waals surface area contributed by atoms with Crippen LogP contribution in [0.15, 0.2) is 54.6 Å². The number of hydrogen-bond donors (Lipinski definition) is 1. The number of hydrogen-bond acceptors (Lipinski definition) is 5. The van der Waals surface area contributed by atoms with Gasteiger partial charge in [-0.2, -0.15) is 0 Å². The number of rotatable bonds is 6. The summed E-state index contributed by atoms with van der Waals surface area (Å²) in [5.41, 5.74) is 1.49. The number of benzene rings is 2. The van der Waals surface area contributed by atoms with Gasteiger partial charge in [0.25, 0.3) is 5.69 Å².